The Bertz CT molecular complexity index is 742. The normalized spacial score (nSPS) is 28.2. The number of nitrogens with zero attached hydrogens (tertiary/aromatic N) is 3. The summed E-state index contributed by atoms with van der Waals surface area (Å²) in [6.45, 7) is 5.98. The van der Waals surface area contributed by atoms with Crippen LogP contribution >= 0.6 is 0 Å². The predicted octanol–water partition coefficient (Wildman–Crippen LogP) is 4.24. The molecule has 0 aromatic carbocycles. The molecule has 2 aliphatic heterocycles. The molecule has 5 rings (SSSR count). The van der Waals surface area contributed by atoms with Crippen LogP contribution in [0.1, 0.15) is 81.0 Å². The third-order valence-electron chi connectivity index (χ3n) is 8.00. The summed E-state index contributed by atoms with van der Waals surface area (Å²) in [6.07, 6.45) is 16.7. The SMILES string of the molecule is O=C(NC1CC1)c1ccnc(N2CC[C@]3(CCCN(CCC4CCCCC4)C3)C2)c1. The molecule has 0 unspecified atom stereocenters. The van der Waals surface area contributed by atoms with E-state index >= 15 is 0 Å². The monoisotopic (exact) mass is 410 g/mol. The highest BCUT2D eigenvalue weighted by Gasteiger charge is 2.41. The van der Waals surface area contributed by atoms with E-state index in [0.29, 0.717) is 11.5 Å². The fraction of sp³-hybridized carbons (Fsp3) is 0.760. The maximum atomic E-state index is 12.4. The third-order valence-corrected chi connectivity index (χ3v) is 8.00. The summed E-state index contributed by atoms with van der Waals surface area (Å²) in [5, 5.41) is 3.10. The van der Waals surface area contributed by atoms with E-state index in [9.17, 15) is 4.79 Å². The maximum absolute atomic E-state index is 12.4. The minimum atomic E-state index is 0.0571. The lowest BCUT2D eigenvalue weighted by molar-refractivity contribution is 0.0951. The highest BCUT2D eigenvalue weighted by Crippen LogP contribution is 2.40. The second-order valence-electron chi connectivity index (χ2n) is 10.5. The van der Waals surface area contributed by atoms with E-state index < -0.39 is 0 Å². The topological polar surface area (TPSA) is 48.5 Å². The molecule has 2 saturated carbocycles. The first-order chi connectivity index (χ1) is 14.7. The van der Waals surface area contributed by atoms with Gasteiger partial charge in [-0.1, -0.05) is 32.1 Å². The first-order valence-electron chi connectivity index (χ1n) is 12.4. The second-order valence-corrected chi connectivity index (χ2v) is 10.5. The van der Waals surface area contributed by atoms with Crippen molar-refractivity contribution in [2.75, 3.05) is 37.6 Å². The average molecular weight is 411 g/mol. The number of nitrogens with one attached hydrogen (secondary N) is 1. The lowest BCUT2D eigenvalue weighted by Crippen LogP contribution is -2.45. The standard InChI is InChI=1S/C25H38N4O/c30-24(27-22-7-8-22)21-9-13-26-23(17-21)29-16-12-25(19-29)11-4-14-28(18-25)15-10-20-5-2-1-3-6-20/h9,13,17,20,22H,1-8,10-12,14-16,18-19H2,(H,27,30)/t25-/m0/s1. The number of hydrogen-bond acceptors (Lipinski definition) is 4. The molecule has 3 heterocycles. The molecule has 1 spiro atoms. The van der Waals surface area contributed by atoms with Gasteiger partial charge in [0.1, 0.15) is 5.82 Å². The van der Waals surface area contributed by atoms with Gasteiger partial charge in [-0.05, 0) is 69.7 Å². The van der Waals surface area contributed by atoms with Crippen LogP contribution in [0.25, 0.3) is 0 Å². The first-order valence-corrected chi connectivity index (χ1v) is 12.4. The Kier molecular flexibility index (Phi) is 5.99. The number of hydrogen-bond donors (Lipinski definition) is 1. The Morgan fingerprint density at radius 3 is 2.77 bits per heavy atom. The van der Waals surface area contributed by atoms with Crippen LogP contribution in [0.3, 0.4) is 0 Å². The Labute approximate surface area is 181 Å². The van der Waals surface area contributed by atoms with Crippen LogP contribution in [0.4, 0.5) is 5.82 Å². The smallest absolute Gasteiger partial charge is 0.251 e. The minimum absolute atomic E-state index is 0.0571. The van der Waals surface area contributed by atoms with E-state index in [1.807, 2.05) is 12.1 Å². The molecular formula is C25H38N4O. The van der Waals surface area contributed by atoms with Crippen molar-refractivity contribution in [3.05, 3.63) is 23.9 Å². The number of carbonyl (C=O) groups excluding carboxylic acids is 1. The maximum Gasteiger partial charge on any atom is 0.251 e. The third kappa shape index (κ3) is 4.82. The Morgan fingerprint density at radius 1 is 1.07 bits per heavy atom. The van der Waals surface area contributed by atoms with Gasteiger partial charge in [0, 0.05) is 42.9 Å². The molecule has 5 heteroatoms. The Hall–Kier alpha value is -1.62. The number of aromatic nitrogens is 1. The highest BCUT2D eigenvalue weighted by molar-refractivity contribution is 5.95. The van der Waals surface area contributed by atoms with E-state index in [1.165, 1.54) is 77.4 Å². The van der Waals surface area contributed by atoms with Crippen LogP contribution in [0.2, 0.25) is 0 Å². The zero-order chi connectivity index (χ0) is 20.4. The van der Waals surface area contributed by atoms with Crippen LogP contribution in [-0.4, -0.2) is 54.6 Å². The number of amides is 1. The lowest BCUT2D eigenvalue weighted by Gasteiger charge is -2.41. The molecule has 1 atom stereocenters. The van der Waals surface area contributed by atoms with E-state index in [4.69, 9.17) is 0 Å². The zero-order valence-electron chi connectivity index (χ0n) is 18.5. The number of rotatable bonds is 6. The van der Waals surface area contributed by atoms with Crippen molar-refractivity contribution in [2.45, 2.75) is 76.7 Å². The Morgan fingerprint density at radius 2 is 1.93 bits per heavy atom. The van der Waals surface area contributed by atoms with Crippen molar-refractivity contribution >= 4 is 11.7 Å². The molecule has 1 N–H and O–H groups in total. The first kappa shape index (κ1) is 20.3. The summed E-state index contributed by atoms with van der Waals surface area (Å²) in [7, 11) is 0. The van der Waals surface area contributed by atoms with Crippen molar-refractivity contribution in [3.8, 4) is 0 Å². The molecule has 1 aromatic heterocycles. The second kappa shape index (κ2) is 8.86. The summed E-state index contributed by atoms with van der Waals surface area (Å²) < 4.78 is 0. The van der Waals surface area contributed by atoms with E-state index in [0.717, 1.165) is 43.2 Å². The van der Waals surface area contributed by atoms with Crippen molar-refractivity contribution < 1.29 is 4.79 Å². The zero-order valence-corrected chi connectivity index (χ0v) is 18.5. The molecule has 1 aromatic rings. The van der Waals surface area contributed by atoms with Gasteiger partial charge < -0.3 is 15.1 Å². The minimum Gasteiger partial charge on any atom is -0.356 e. The summed E-state index contributed by atoms with van der Waals surface area (Å²) in [6, 6.07) is 4.24. The molecule has 5 nitrogen and oxygen atoms in total. The van der Waals surface area contributed by atoms with Gasteiger partial charge in [-0.25, -0.2) is 4.98 Å². The summed E-state index contributed by atoms with van der Waals surface area (Å²) >= 11 is 0. The molecule has 2 aliphatic carbocycles. The van der Waals surface area contributed by atoms with Crippen LogP contribution < -0.4 is 10.2 Å². The molecule has 4 fully saturated rings. The van der Waals surface area contributed by atoms with Crippen molar-refractivity contribution in [2.24, 2.45) is 11.3 Å². The van der Waals surface area contributed by atoms with Gasteiger partial charge in [0.05, 0.1) is 0 Å². The van der Waals surface area contributed by atoms with Gasteiger partial charge in [-0.2, -0.15) is 0 Å². The lowest BCUT2D eigenvalue weighted by atomic mass is 9.79. The van der Waals surface area contributed by atoms with Crippen LogP contribution in [-0.2, 0) is 0 Å². The molecule has 2 saturated heterocycles. The van der Waals surface area contributed by atoms with Gasteiger partial charge in [-0.3, -0.25) is 4.79 Å². The number of anilines is 1. The van der Waals surface area contributed by atoms with Crippen LogP contribution in [0.15, 0.2) is 18.3 Å². The van der Waals surface area contributed by atoms with Gasteiger partial charge in [0.15, 0.2) is 0 Å². The number of likely N-dealkylation sites (tertiary alicyclic amines) is 1. The van der Waals surface area contributed by atoms with Crippen molar-refractivity contribution in [1.29, 1.82) is 0 Å². The summed E-state index contributed by atoms with van der Waals surface area (Å²) in [4.78, 5) is 22.3. The number of carbonyl (C=O) groups is 1. The molecule has 4 aliphatic rings. The van der Waals surface area contributed by atoms with Crippen molar-refractivity contribution in [3.63, 3.8) is 0 Å². The quantitative estimate of drug-likeness (QED) is 0.762. The van der Waals surface area contributed by atoms with Crippen LogP contribution in [0.5, 0.6) is 0 Å². The molecule has 0 bridgehead atoms. The molecule has 0 radical (unpaired) electrons. The largest absolute Gasteiger partial charge is 0.356 e. The van der Waals surface area contributed by atoms with E-state index in [2.05, 4.69) is 20.1 Å². The van der Waals surface area contributed by atoms with Gasteiger partial charge >= 0.3 is 0 Å². The summed E-state index contributed by atoms with van der Waals surface area (Å²) in [5.41, 5.74) is 1.17. The average Bonchev–Trinajstić information content (AvgIpc) is 3.52. The number of piperidine rings is 1. The fourth-order valence-electron chi connectivity index (χ4n) is 6.03. The molecule has 1 amide bonds. The molecule has 164 valence electrons. The van der Waals surface area contributed by atoms with Crippen molar-refractivity contribution in [1.82, 2.24) is 15.2 Å². The summed E-state index contributed by atoms with van der Waals surface area (Å²) in [5.74, 6) is 2.02. The fourth-order valence-corrected chi connectivity index (χ4v) is 6.03. The Balaban J connectivity index is 1.17. The van der Waals surface area contributed by atoms with E-state index in [1.54, 1.807) is 6.20 Å². The van der Waals surface area contributed by atoms with Crippen LogP contribution in [0, 0.1) is 11.3 Å². The molecule has 30 heavy (non-hydrogen) atoms. The highest BCUT2D eigenvalue weighted by atomic mass is 16.1. The predicted molar refractivity (Wildman–Crippen MR) is 121 cm³/mol. The number of pyridine rings is 1. The van der Waals surface area contributed by atoms with Gasteiger partial charge in [0.2, 0.25) is 0 Å². The van der Waals surface area contributed by atoms with Gasteiger partial charge in [0.25, 0.3) is 5.91 Å². The van der Waals surface area contributed by atoms with E-state index in [-0.39, 0.29) is 5.91 Å². The molecular weight excluding hydrogens is 372 g/mol. The van der Waals surface area contributed by atoms with Gasteiger partial charge in [-0.15, -0.1) is 0 Å².